The zero-order valence-electron chi connectivity index (χ0n) is 14.5. The predicted octanol–water partition coefficient (Wildman–Crippen LogP) is 2.18. The fraction of sp³-hybridized carbons (Fsp3) is 0.278. The number of nitrogen functional groups attached to an aromatic ring is 1. The van der Waals surface area contributed by atoms with Crippen LogP contribution < -0.4 is 11.1 Å². The number of nitrogens with two attached hydrogens (primary N) is 1. The summed E-state index contributed by atoms with van der Waals surface area (Å²) in [5.74, 6) is 1.20. The number of aromatic nitrogens is 4. The van der Waals surface area contributed by atoms with Gasteiger partial charge in [0.2, 0.25) is 0 Å². The van der Waals surface area contributed by atoms with Crippen LogP contribution in [0.1, 0.15) is 12.5 Å². The Morgan fingerprint density at radius 2 is 2.00 bits per heavy atom. The van der Waals surface area contributed by atoms with Gasteiger partial charge in [0.1, 0.15) is 12.0 Å². The molecule has 0 spiro atoms. The van der Waals surface area contributed by atoms with Gasteiger partial charge in [-0.15, -0.1) is 0 Å². The molecule has 0 bridgehead atoms. The second-order valence-corrected chi connectivity index (χ2v) is 6.14. The molecular weight excluding hydrogens is 314 g/mol. The quantitative estimate of drug-likeness (QED) is 0.687. The lowest BCUT2D eigenvalue weighted by molar-refractivity contribution is 0.316. The molecule has 0 amide bonds. The van der Waals surface area contributed by atoms with E-state index < -0.39 is 0 Å². The summed E-state index contributed by atoms with van der Waals surface area (Å²) in [6.45, 7) is 3.86. The highest BCUT2D eigenvalue weighted by Crippen LogP contribution is 2.21. The minimum absolute atomic E-state index is 0.177. The Hall–Kier alpha value is -2.93. The number of hydrogen-bond donors (Lipinski definition) is 2. The van der Waals surface area contributed by atoms with E-state index in [9.17, 15) is 0 Å². The van der Waals surface area contributed by atoms with Crippen LogP contribution in [0.5, 0.6) is 0 Å². The Labute approximate surface area is 147 Å². The van der Waals surface area contributed by atoms with Crippen molar-refractivity contribution in [1.82, 2.24) is 24.6 Å². The summed E-state index contributed by atoms with van der Waals surface area (Å²) >= 11 is 0. The van der Waals surface area contributed by atoms with E-state index in [1.54, 1.807) is 17.1 Å². The van der Waals surface area contributed by atoms with Crippen LogP contribution in [0.4, 0.5) is 11.5 Å². The van der Waals surface area contributed by atoms with Crippen molar-refractivity contribution in [3.63, 3.8) is 0 Å². The molecule has 1 unspecified atom stereocenters. The molecule has 0 saturated carbocycles. The lowest BCUT2D eigenvalue weighted by Crippen LogP contribution is -2.32. The smallest absolute Gasteiger partial charge is 0.181 e. The number of nitrogens with zero attached hydrogens (tertiary/aromatic N) is 5. The number of nitrogens with one attached hydrogen (secondary N) is 1. The van der Waals surface area contributed by atoms with Crippen LogP contribution in [0.15, 0.2) is 55.1 Å². The van der Waals surface area contributed by atoms with Crippen LogP contribution in [0.3, 0.4) is 0 Å². The van der Waals surface area contributed by atoms with Gasteiger partial charge in [-0.05, 0) is 25.6 Å². The Balaban J connectivity index is 1.63. The van der Waals surface area contributed by atoms with Gasteiger partial charge in [-0.3, -0.25) is 0 Å². The number of anilines is 2. The first-order chi connectivity index (χ1) is 12.1. The van der Waals surface area contributed by atoms with E-state index in [0.717, 1.165) is 13.1 Å². The fourth-order valence-electron chi connectivity index (χ4n) is 2.78. The number of rotatable bonds is 7. The number of likely N-dealkylation sites (N-methyl/N-ethyl adjacent to an activating group) is 1. The van der Waals surface area contributed by atoms with Gasteiger partial charge in [-0.25, -0.2) is 14.6 Å². The topological polar surface area (TPSA) is 84.9 Å². The van der Waals surface area contributed by atoms with E-state index in [2.05, 4.69) is 63.5 Å². The van der Waals surface area contributed by atoms with Gasteiger partial charge in [0.05, 0.1) is 0 Å². The monoisotopic (exact) mass is 337 g/mol. The molecule has 1 atom stereocenters. The van der Waals surface area contributed by atoms with Gasteiger partial charge < -0.3 is 16.0 Å². The van der Waals surface area contributed by atoms with Crippen molar-refractivity contribution in [1.29, 1.82) is 0 Å². The molecular formula is C18H23N7. The lowest BCUT2D eigenvalue weighted by Gasteiger charge is -2.23. The van der Waals surface area contributed by atoms with Crippen molar-refractivity contribution in [3.05, 3.63) is 60.7 Å². The summed E-state index contributed by atoms with van der Waals surface area (Å²) in [7, 11) is 2.10. The van der Waals surface area contributed by atoms with Gasteiger partial charge in [-0.1, -0.05) is 30.3 Å². The SMILES string of the molecule is CC(CN(C)Cc1ccccc1)Nc1ncnc(-n2cccn2)c1N. The second-order valence-electron chi connectivity index (χ2n) is 6.14. The van der Waals surface area contributed by atoms with Crippen molar-refractivity contribution in [2.75, 3.05) is 24.6 Å². The third-order valence-electron chi connectivity index (χ3n) is 3.85. The van der Waals surface area contributed by atoms with E-state index in [1.165, 1.54) is 11.9 Å². The zero-order chi connectivity index (χ0) is 17.6. The Morgan fingerprint density at radius 3 is 2.72 bits per heavy atom. The van der Waals surface area contributed by atoms with E-state index >= 15 is 0 Å². The van der Waals surface area contributed by atoms with Gasteiger partial charge >= 0.3 is 0 Å². The normalized spacial score (nSPS) is 12.3. The molecule has 3 aromatic rings. The molecule has 0 aliphatic carbocycles. The standard InChI is InChI=1S/C18H23N7/c1-14(11-24(2)12-15-7-4-3-5-8-15)23-17-16(19)18(21-13-20-17)25-10-6-9-22-25/h3-10,13-14H,11-12,19H2,1-2H3,(H,20,21,23). The molecule has 3 N–H and O–H groups in total. The van der Waals surface area contributed by atoms with Crippen LogP contribution >= 0.6 is 0 Å². The van der Waals surface area contributed by atoms with Crippen molar-refractivity contribution in [3.8, 4) is 5.82 Å². The molecule has 3 rings (SSSR count). The van der Waals surface area contributed by atoms with E-state index in [0.29, 0.717) is 17.3 Å². The third kappa shape index (κ3) is 4.33. The molecule has 7 heteroatoms. The highest BCUT2D eigenvalue weighted by molar-refractivity contribution is 5.69. The summed E-state index contributed by atoms with van der Waals surface area (Å²) in [6.07, 6.45) is 4.99. The van der Waals surface area contributed by atoms with E-state index in [-0.39, 0.29) is 6.04 Å². The predicted molar refractivity (Wildman–Crippen MR) is 99.4 cm³/mol. The molecule has 2 aromatic heterocycles. The molecule has 0 fully saturated rings. The van der Waals surface area contributed by atoms with Gasteiger partial charge in [0.15, 0.2) is 11.6 Å². The molecule has 130 valence electrons. The molecule has 7 nitrogen and oxygen atoms in total. The zero-order valence-corrected chi connectivity index (χ0v) is 14.5. The number of hydrogen-bond acceptors (Lipinski definition) is 6. The lowest BCUT2D eigenvalue weighted by atomic mass is 10.2. The summed E-state index contributed by atoms with van der Waals surface area (Å²) < 4.78 is 1.63. The van der Waals surface area contributed by atoms with Crippen molar-refractivity contribution in [2.45, 2.75) is 19.5 Å². The van der Waals surface area contributed by atoms with Crippen LogP contribution in [0, 0.1) is 0 Å². The highest BCUT2D eigenvalue weighted by Gasteiger charge is 2.13. The minimum Gasteiger partial charge on any atom is -0.393 e. The molecule has 1 aromatic carbocycles. The Morgan fingerprint density at radius 1 is 1.20 bits per heavy atom. The van der Waals surface area contributed by atoms with Crippen LogP contribution in [-0.2, 0) is 6.54 Å². The Bertz CT molecular complexity index is 786. The number of benzene rings is 1. The average molecular weight is 337 g/mol. The first kappa shape index (κ1) is 16.9. The highest BCUT2D eigenvalue weighted by atomic mass is 15.3. The van der Waals surface area contributed by atoms with Crippen LogP contribution in [0.2, 0.25) is 0 Å². The first-order valence-corrected chi connectivity index (χ1v) is 8.23. The average Bonchev–Trinajstić information content (AvgIpc) is 3.12. The van der Waals surface area contributed by atoms with Gasteiger partial charge in [0, 0.05) is 31.5 Å². The fourth-order valence-corrected chi connectivity index (χ4v) is 2.78. The molecule has 0 radical (unpaired) electrons. The molecule has 25 heavy (non-hydrogen) atoms. The van der Waals surface area contributed by atoms with Crippen LogP contribution in [0.25, 0.3) is 5.82 Å². The Kier molecular flexibility index (Phi) is 5.25. The summed E-state index contributed by atoms with van der Waals surface area (Å²) in [5.41, 5.74) is 8.00. The second kappa shape index (κ2) is 7.76. The van der Waals surface area contributed by atoms with E-state index in [1.807, 2.05) is 12.1 Å². The third-order valence-corrected chi connectivity index (χ3v) is 3.85. The van der Waals surface area contributed by atoms with Gasteiger partial charge in [0.25, 0.3) is 0 Å². The molecule has 0 aliphatic rings. The minimum atomic E-state index is 0.177. The van der Waals surface area contributed by atoms with Gasteiger partial charge in [-0.2, -0.15) is 5.10 Å². The van der Waals surface area contributed by atoms with Crippen molar-refractivity contribution < 1.29 is 0 Å². The molecule has 0 aliphatic heterocycles. The van der Waals surface area contributed by atoms with Crippen molar-refractivity contribution in [2.24, 2.45) is 0 Å². The summed E-state index contributed by atoms with van der Waals surface area (Å²) in [5, 5.41) is 7.54. The molecule has 2 heterocycles. The maximum Gasteiger partial charge on any atom is 0.181 e. The summed E-state index contributed by atoms with van der Waals surface area (Å²) in [6, 6.07) is 12.4. The maximum atomic E-state index is 6.22. The van der Waals surface area contributed by atoms with Crippen LogP contribution in [-0.4, -0.2) is 44.3 Å². The summed E-state index contributed by atoms with van der Waals surface area (Å²) in [4.78, 5) is 10.8. The maximum absolute atomic E-state index is 6.22. The van der Waals surface area contributed by atoms with E-state index in [4.69, 9.17) is 5.73 Å². The largest absolute Gasteiger partial charge is 0.393 e. The van der Waals surface area contributed by atoms with Crippen molar-refractivity contribution >= 4 is 11.5 Å². The first-order valence-electron chi connectivity index (χ1n) is 8.23. The molecule has 0 saturated heterocycles.